The van der Waals surface area contributed by atoms with Crippen molar-refractivity contribution in [1.82, 2.24) is 0 Å². The molecular weight excluding hydrogens is 327 g/mol. The van der Waals surface area contributed by atoms with Crippen LogP contribution in [0.3, 0.4) is 0 Å². The molecule has 0 fully saturated rings. The number of hydrogen-bond acceptors (Lipinski definition) is 1. The van der Waals surface area contributed by atoms with Gasteiger partial charge in [0.05, 0.1) is 16.3 Å². The Morgan fingerprint density at radius 3 is 2.43 bits per heavy atom. The lowest BCUT2D eigenvalue weighted by Gasteiger charge is -2.14. The second-order valence-corrected chi connectivity index (χ2v) is 5.66. The van der Waals surface area contributed by atoms with Crippen LogP contribution < -0.4 is 5.32 Å². The first-order chi connectivity index (χ1) is 10.8. The van der Waals surface area contributed by atoms with Crippen LogP contribution in [0.1, 0.15) is 30.4 Å². The lowest BCUT2D eigenvalue weighted by Crippen LogP contribution is -2.15. The van der Waals surface area contributed by atoms with Crippen molar-refractivity contribution in [2.75, 3.05) is 5.32 Å². The molecule has 2 aromatic rings. The number of halogens is 4. The van der Waals surface area contributed by atoms with E-state index in [0.29, 0.717) is 0 Å². The van der Waals surface area contributed by atoms with Crippen molar-refractivity contribution < 1.29 is 18.0 Å². The maximum atomic E-state index is 12.7. The minimum atomic E-state index is -4.48. The van der Waals surface area contributed by atoms with Gasteiger partial charge in [0.25, 0.3) is 0 Å². The zero-order valence-corrected chi connectivity index (χ0v) is 13.1. The zero-order valence-electron chi connectivity index (χ0n) is 12.3. The highest BCUT2D eigenvalue weighted by Gasteiger charge is 2.31. The molecule has 0 radical (unpaired) electrons. The number of alkyl halides is 3. The summed E-state index contributed by atoms with van der Waals surface area (Å²) in [7, 11) is 0. The average Bonchev–Trinajstić information content (AvgIpc) is 2.49. The third-order valence-corrected chi connectivity index (χ3v) is 3.76. The van der Waals surface area contributed by atoms with Gasteiger partial charge in [-0.15, -0.1) is 0 Å². The van der Waals surface area contributed by atoms with Gasteiger partial charge in [-0.1, -0.05) is 48.9 Å². The summed E-state index contributed by atoms with van der Waals surface area (Å²) in [5, 5.41) is 2.52. The molecule has 1 atom stereocenters. The van der Waals surface area contributed by atoms with E-state index < -0.39 is 11.7 Å². The summed E-state index contributed by atoms with van der Waals surface area (Å²) in [5.74, 6) is -0.441. The molecule has 0 saturated carbocycles. The number of benzene rings is 2. The highest BCUT2D eigenvalue weighted by molar-refractivity contribution is 6.33. The van der Waals surface area contributed by atoms with Gasteiger partial charge in [-0.3, -0.25) is 4.79 Å². The summed E-state index contributed by atoms with van der Waals surface area (Å²) in [6, 6.07) is 12.3. The number of amides is 1. The van der Waals surface area contributed by atoms with E-state index in [-0.39, 0.29) is 29.0 Å². The maximum Gasteiger partial charge on any atom is 0.416 e. The minimum absolute atomic E-state index is 0.0354. The fourth-order valence-corrected chi connectivity index (χ4v) is 2.34. The van der Waals surface area contributed by atoms with Gasteiger partial charge in [0.15, 0.2) is 0 Å². The summed E-state index contributed by atoms with van der Waals surface area (Å²) < 4.78 is 38.1. The molecule has 0 aromatic heterocycles. The van der Waals surface area contributed by atoms with Gasteiger partial charge in [0, 0.05) is 6.42 Å². The Kier molecular flexibility index (Phi) is 5.31. The lowest BCUT2D eigenvalue weighted by atomic mass is 9.97. The fraction of sp³-hybridized carbons (Fsp3) is 0.235. The van der Waals surface area contributed by atoms with Crippen LogP contribution in [0.2, 0.25) is 5.02 Å². The Balaban J connectivity index is 2.08. The molecule has 0 aliphatic carbocycles. The van der Waals surface area contributed by atoms with Gasteiger partial charge < -0.3 is 5.32 Å². The van der Waals surface area contributed by atoms with Crippen molar-refractivity contribution in [3.63, 3.8) is 0 Å². The van der Waals surface area contributed by atoms with E-state index in [1.807, 2.05) is 37.3 Å². The average molecular weight is 342 g/mol. The van der Waals surface area contributed by atoms with Crippen LogP contribution in [0, 0.1) is 0 Å². The molecule has 122 valence electrons. The summed E-state index contributed by atoms with van der Waals surface area (Å²) in [6.45, 7) is 1.88. The maximum absolute atomic E-state index is 12.7. The lowest BCUT2D eigenvalue weighted by molar-refractivity contribution is -0.137. The van der Waals surface area contributed by atoms with Gasteiger partial charge in [-0.2, -0.15) is 13.2 Å². The standard InChI is InChI=1S/C17H15ClF3NO/c1-11(12-5-3-2-4-6-12)9-16(23)22-15-10-13(17(19,20)21)7-8-14(15)18/h2-8,10-11H,9H2,1H3,(H,22,23). The molecule has 2 nitrogen and oxygen atoms in total. The predicted molar refractivity (Wildman–Crippen MR) is 84.6 cm³/mol. The van der Waals surface area contributed by atoms with E-state index in [9.17, 15) is 18.0 Å². The van der Waals surface area contributed by atoms with Crippen molar-refractivity contribution >= 4 is 23.2 Å². The molecule has 23 heavy (non-hydrogen) atoms. The number of carbonyl (C=O) groups is 1. The molecule has 1 unspecified atom stereocenters. The summed E-state index contributed by atoms with van der Waals surface area (Å²) in [4.78, 5) is 12.1. The van der Waals surface area contributed by atoms with Crippen molar-refractivity contribution in [3.05, 3.63) is 64.7 Å². The number of carbonyl (C=O) groups excluding carboxylic acids is 1. The number of anilines is 1. The summed E-state index contributed by atoms with van der Waals surface area (Å²) in [6.07, 6.45) is -4.34. The molecule has 0 spiro atoms. The first-order valence-electron chi connectivity index (χ1n) is 6.99. The van der Waals surface area contributed by atoms with Crippen LogP contribution in [-0.4, -0.2) is 5.91 Å². The molecule has 0 heterocycles. The highest BCUT2D eigenvalue weighted by Crippen LogP contribution is 2.34. The Morgan fingerprint density at radius 1 is 1.17 bits per heavy atom. The quantitative estimate of drug-likeness (QED) is 0.782. The molecule has 0 saturated heterocycles. The van der Waals surface area contributed by atoms with Gasteiger partial charge in [-0.25, -0.2) is 0 Å². The topological polar surface area (TPSA) is 29.1 Å². The predicted octanol–water partition coefficient (Wildman–Crippen LogP) is 5.49. The molecular formula is C17H15ClF3NO. The van der Waals surface area contributed by atoms with E-state index in [2.05, 4.69) is 5.32 Å². The summed E-state index contributed by atoms with van der Waals surface area (Å²) >= 11 is 5.86. The normalized spacial score (nSPS) is 12.7. The van der Waals surface area contributed by atoms with Crippen LogP contribution in [0.25, 0.3) is 0 Å². The molecule has 0 aliphatic heterocycles. The first-order valence-corrected chi connectivity index (χ1v) is 7.36. The Labute approximate surface area is 137 Å². The molecule has 6 heteroatoms. The van der Waals surface area contributed by atoms with E-state index in [0.717, 1.165) is 23.8 Å². The number of rotatable bonds is 4. The Bertz CT molecular complexity index is 686. The van der Waals surface area contributed by atoms with Crippen LogP contribution >= 0.6 is 11.6 Å². The van der Waals surface area contributed by atoms with Gasteiger partial charge >= 0.3 is 6.18 Å². The van der Waals surface area contributed by atoms with Gasteiger partial charge in [-0.05, 0) is 29.7 Å². The van der Waals surface area contributed by atoms with Crippen LogP contribution in [0.5, 0.6) is 0 Å². The molecule has 1 N–H and O–H groups in total. The Hall–Kier alpha value is -2.01. The van der Waals surface area contributed by atoms with Crippen LogP contribution in [-0.2, 0) is 11.0 Å². The second kappa shape index (κ2) is 7.04. The van der Waals surface area contributed by atoms with E-state index in [4.69, 9.17) is 11.6 Å². The molecule has 2 rings (SSSR count). The third-order valence-electron chi connectivity index (χ3n) is 3.43. The monoisotopic (exact) mass is 341 g/mol. The molecule has 0 bridgehead atoms. The number of hydrogen-bond donors (Lipinski definition) is 1. The zero-order chi connectivity index (χ0) is 17.0. The van der Waals surface area contributed by atoms with Crippen molar-refractivity contribution in [2.24, 2.45) is 0 Å². The van der Waals surface area contributed by atoms with Crippen molar-refractivity contribution in [3.8, 4) is 0 Å². The van der Waals surface area contributed by atoms with Crippen LogP contribution in [0.15, 0.2) is 48.5 Å². The number of nitrogens with one attached hydrogen (secondary N) is 1. The minimum Gasteiger partial charge on any atom is -0.325 e. The fourth-order valence-electron chi connectivity index (χ4n) is 2.18. The van der Waals surface area contributed by atoms with Gasteiger partial charge in [0.1, 0.15) is 0 Å². The SMILES string of the molecule is CC(CC(=O)Nc1cc(C(F)(F)F)ccc1Cl)c1ccccc1. The van der Waals surface area contributed by atoms with Crippen LogP contribution in [0.4, 0.5) is 18.9 Å². The largest absolute Gasteiger partial charge is 0.416 e. The van der Waals surface area contributed by atoms with E-state index in [1.165, 1.54) is 0 Å². The van der Waals surface area contributed by atoms with Crippen molar-refractivity contribution in [1.29, 1.82) is 0 Å². The smallest absolute Gasteiger partial charge is 0.325 e. The van der Waals surface area contributed by atoms with Crippen molar-refractivity contribution in [2.45, 2.75) is 25.4 Å². The molecule has 2 aromatic carbocycles. The third kappa shape index (κ3) is 4.73. The second-order valence-electron chi connectivity index (χ2n) is 5.26. The van der Waals surface area contributed by atoms with E-state index in [1.54, 1.807) is 0 Å². The molecule has 0 aliphatic rings. The first kappa shape index (κ1) is 17.3. The Morgan fingerprint density at radius 2 is 1.83 bits per heavy atom. The summed E-state index contributed by atoms with van der Waals surface area (Å²) in [5.41, 5.74) is 0.0952. The van der Waals surface area contributed by atoms with Gasteiger partial charge in [0.2, 0.25) is 5.91 Å². The van der Waals surface area contributed by atoms with E-state index >= 15 is 0 Å². The molecule has 1 amide bonds. The highest BCUT2D eigenvalue weighted by atomic mass is 35.5.